The van der Waals surface area contributed by atoms with Crippen molar-refractivity contribution in [2.24, 2.45) is 0 Å². The van der Waals surface area contributed by atoms with Crippen LogP contribution < -0.4 is 0 Å². The van der Waals surface area contributed by atoms with E-state index < -0.39 is 5.97 Å². The number of aromatic hydroxyl groups is 1. The fourth-order valence-corrected chi connectivity index (χ4v) is 1.05. The van der Waals surface area contributed by atoms with E-state index in [1.807, 2.05) is 0 Å². The van der Waals surface area contributed by atoms with Crippen molar-refractivity contribution in [1.82, 2.24) is 0 Å². The van der Waals surface area contributed by atoms with Crippen LogP contribution >= 0.6 is 15.9 Å². The Morgan fingerprint density at radius 1 is 1.45 bits per heavy atom. The first-order chi connectivity index (χ1) is 5.13. The molecule has 1 aromatic carbocycles. The molecule has 0 unspecified atom stereocenters. The molecule has 0 aliphatic rings. The van der Waals surface area contributed by atoms with Gasteiger partial charge in [-0.2, -0.15) is 0 Å². The molecular weight excluding hydrogens is 212 g/mol. The van der Waals surface area contributed by atoms with Gasteiger partial charge >= 0.3 is 5.97 Å². The van der Waals surface area contributed by atoms with Crippen molar-refractivity contribution in [2.45, 2.75) is 0 Å². The van der Waals surface area contributed by atoms with E-state index in [-0.39, 0.29) is 11.3 Å². The number of aromatic carboxylic acids is 1. The predicted molar refractivity (Wildman–Crippen MR) is 42.8 cm³/mol. The number of para-hydroxylation sites is 1. The number of rotatable bonds is 1. The molecule has 58 valence electrons. The van der Waals surface area contributed by atoms with Gasteiger partial charge < -0.3 is 10.2 Å². The van der Waals surface area contributed by atoms with Crippen LogP contribution in [0, 0.1) is 0 Å². The fraction of sp³-hybridized carbons (Fsp3) is 0. The molecule has 4 heteroatoms. The third-order valence-corrected chi connectivity index (χ3v) is 1.86. The zero-order valence-electron chi connectivity index (χ0n) is 5.41. The molecule has 0 spiro atoms. The van der Waals surface area contributed by atoms with Crippen LogP contribution in [0.5, 0.6) is 5.75 Å². The van der Waals surface area contributed by atoms with Crippen LogP contribution in [0.2, 0.25) is 0 Å². The number of hydrogen-bond acceptors (Lipinski definition) is 2. The molecule has 0 atom stereocenters. The lowest BCUT2D eigenvalue weighted by molar-refractivity contribution is 0.0693. The monoisotopic (exact) mass is 216 g/mol. The van der Waals surface area contributed by atoms with Crippen LogP contribution in [0.3, 0.4) is 0 Å². The predicted octanol–water partition coefficient (Wildman–Crippen LogP) is 1.85. The van der Waals surface area contributed by atoms with Gasteiger partial charge in [-0.1, -0.05) is 6.07 Å². The first-order valence-electron chi connectivity index (χ1n) is 2.83. The Bertz CT molecular complexity index is 296. The third-order valence-electron chi connectivity index (χ3n) is 1.22. The van der Waals surface area contributed by atoms with Gasteiger partial charge in [-0.3, -0.25) is 0 Å². The zero-order chi connectivity index (χ0) is 8.43. The Hall–Kier alpha value is -1.03. The highest BCUT2D eigenvalue weighted by Crippen LogP contribution is 2.26. The Morgan fingerprint density at radius 2 is 2.09 bits per heavy atom. The topological polar surface area (TPSA) is 57.5 Å². The number of carboxylic acid groups (broad SMARTS) is 1. The molecule has 0 aromatic heterocycles. The van der Waals surface area contributed by atoms with Gasteiger partial charge in [0.2, 0.25) is 0 Å². The second kappa shape index (κ2) is 2.92. The molecule has 1 aromatic rings. The van der Waals surface area contributed by atoms with E-state index in [1.165, 1.54) is 6.07 Å². The molecule has 2 N–H and O–H groups in total. The lowest BCUT2D eigenvalue weighted by atomic mass is 10.2. The summed E-state index contributed by atoms with van der Waals surface area (Å²) in [5.74, 6) is -1.37. The molecule has 0 saturated heterocycles. The summed E-state index contributed by atoms with van der Waals surface area (Å²) in [5, 5.41) is 17.6. The van der Waals surface area contributed by atoms with Crippen molar-refractivity contribution in [3.05, 3.63) is 28.2 Å². The van der Waals surface area contributed by atoms with E-state index in [2.05, 4.69) is 15.9 Å². The average molecular weight is 217 g/mol. The molecule has 0 aliphatic carbocycles. The van der Waals surface area contributed by atoms with E-state index >= 15 is 0 Å². The zero-order valence-corrected chi connectivity index (χ0v) is 7.00. The molecule has 0 amide bonds. The maximum absolute atomic E-state index is 10.4. The third kappa shape index (κ3) is 1.51. The number of carbonyl (C=O) groups is 1. The lowest BCUT2D eigenvalue weighted by Gasteiger charge is -1.99. The van der Waals surface area contributed by atoms with E-state index in [0.717, 1.165) is 0 Å². The van der Waals surface area contributed by atoms with E-state index in [9.17, 15) is 4.79 Å². The summed E-state index contributed by atoms with van der Waals surface area (Å²) < 4.78 is 0.386. The second-order valence-corrected chi connectivity index (χ2v) is 2.80. The maximum atomic E-state index is 10.4. The van der Waals surface area contributed by atoms with Gasteiger partial charge in [0.15, 0.2) is 0 Å². The molecule has 0 bridgehead atoms. The summed E-state index contributed by atoms with van der Waals surface area (Å²) >= 11 is 3.00. The number of benzene rings is 1. The number of halogens is 1. The largest absolute Gasteiger partial charge is 0.506 e. The fourth-order valence-electron chi connectivity index (χ4n) is 0.688. The van der Waals surface area contributed by atoms with Crippen molar-refractivity contribution < 1.29 is 15.0 Å². The van der Waals surface area contributed by atoms with Gasteiger partial charge in [-0.25, -0.2) is 4.79 Å². The summed E-state index contributed by atoms with van der Waals surface area (Å²) in [6, 6.07) is 4.46. The summed E-state index contributed by atoms with van der Waals surface area (Å²) in [6.07, 6.45) is 0. The summed E-state index contributed by atoms with van der Waals surface area (Å²) in [6.45, 7) is 0. The molecule has 0 heterocycles. The Labute approximate surface area is 71.4 Å². The molecule has 0 radical (unpaired) electrons. The van der Waals surface area contributed by atoms with Crippen LogP contribution in [0.1, 0.15) is 10.4 Å². The molecule has 11 heavy (non-hydrogen) atoms. The summed E-state index contributed by atoms with van der Waals surface area (Å²) in [7, 11) is 0. The number of carboxylic acids is 1. The van der Waals surface area contributed by atoms with Gasteiger partial charge in [-0.15, -0.1) is 0 Å². The lowest BCUT2D eigenvalue weighted by Crippen LogP contribution is -1.96. The molecule has 0 fully saturated rings. The Balaban J connectivity index is 3.27. The summed E-state index contributed by atoms with van der Waals surface area (Å²) in [4.78, 5) is 10.4. The SMILES string of the molecule is O=C(O)c1cccc(Br)c1O. The van der Waals surface area contributed by atoms with Gasteiger partial charge in [0.25, 0.3) is 0 Å². The number of phenols is 1. The molecule has 0 aliphatic heterocycles. The second-order valence-electron chi connectivity index (χ2n) is 1.94. The summed E-state index contributed by atoms with van der Waals surface area (Å²) in [5.41, 5.74) is -0.0978. The maximum Gasteiger partial charge on any atom is 0.339 e. The highest BCUT2D eigenvalue weighted by atomic mass is 79.9. The highest BCUT2D eigenvalue weighted by molar-refractivity contribution is 9.10. The van der Waals surface area contributed by atoms with E-state index in [1.54, 1.807) is 12.1 Å². The van der Waals surface area contributed by atoms with Crippen molar-refractivity contribution >= 4 is 21.9 Å². The quantitative estimate of drug-likeness (QED) is 0.754. The van der Waals surface area contributed by atoms with Crippen LogP contribution in [-0.4, -0.2) is 16.2 Å². The minimum Gasteiger partial charge on any atom is -0.506 e. The molecule has 0 saturated carbocycles. The van der Waals surface area contributed by atoms with Crippen molar-refractivity contribution in [3.8, 4) is 5.75 Å². The Kier molecular flexibility index (Phi) is 2.14. The molecular formula is C7H5BrO3. The van der Waals surface area contributed by atoms with Crippen molar-refractivity contribution in [2.75, 3.05) is 0 Å². The first-order valence-corrected chi connectivity index (χ1v) is 3.63. The van der Waals surface area contributed by atoms with Gasteiger partial charge in [0.05, 0.1) is 4.47 Å². The van der Waals surface area contributed by atoms with Crippen molar-refractivity contribution in [3.63, 3.8) is 0 Å². The first kappa shape index (κ1) is 8.07. The normalized spacial score (nSPS) is 9.55. The van der Waals surface area contributed by atoms with Gasteiger partial charge in [0, 0.05) is 0 Å². The van der Waals surface area contributed by atoms with Crippen LogP contribution in [-0.2, 0) is 0 Å². The van der Waals surface area contributed by atoms with E-state index in [0.29, 0.717) is 4.47 Å². The number of hydrogen-bond donors (Lipinski definition) is 2. The highest BCUT2D eigenvalue weighted by Gasteiger charge is 2.10. The van der Waals surface area contributed by atoms with Crippen LogP contribution in [0.15, 0.2) is 22.7 Å². The van der Waals surface area contributed by atoms with Crippen LogP contribution in [0.4, 0.5) is 0 Å². The smallest absolute Gasteiger partial charge is 0.339 e. The van der Waals surface area contributed by atoms with E-state index in [4.69, 9.17) is 10.2 Å². The minimum absolute atomic E-state index is 0.0978. The standard InChI is InChI=1S/C7H5BrO3/c8-5-3-1-2-4(6(5)9)7(10)11/h1-3,9H,(H,10,11). The molecule has 3 nitrogen and oxygen atoms in total. The molecule has 1 rings (SSSR count). The minimum atomic E-state index is -1.14. The Morgan fingerprint density at radius 3 is 2.55 bits per heavy atom. The van der Waals surface area contributed by atoms with Gasteiger partial charge in [0.1, 0.15) is 11.3 Å². The van der Waals surface area contributed by atoms with Crippen molar-refractivity contribution in [1.29, 1.82) is 0 Å². The van der Waals surface area contributed by atoms with Gasteiger partial charge in [-0.05, 0) is 28.1 Å². The average Bonchev–Trinajstić information content (AvgIpc) is 1.94. The van der Waals surface area contributed by atoms with Crippen LogP contribution in [0.25, 0.3) is 0 Å².